The first-order valence-corrected chi connectivity index (χ1v) is 15.0. The second kappa shape index (κ2) is 13.8. The van der Waals surface area contributed by atoms with Crippen LogP contribution in [0.2, 0.25) is 0 Å². The van der Waals surface area contributed by atoms with E-state index in [2.05, 4.69) is 15.5 Å². The molecular formula is C32H35F5N4O5. The Labute approximate surface area is 262 Å². The lowest BCUT2D eigenvalue weighted by Crippen LogP contribution is -2.56. The molecule has 46 heavy (non-hydrogen) atoms. The first-order valence-electron chi connectivity index (χ1n) is 15.0. The molecule has 2 unspecified atom stereocenters. The van der Waals surface area contributed by atoms with E-state index in [9.17, 15) is 36.3 Å². The van der Waals surface area contributed by atoms with Gasteiger partial charge in [0.1, 0.15) is 6.04 Å². The summed E-state index contributed by atoms with van der Waals surface area (Å²) in [5.41, 5.74) is -0.467. The van der Waals surface area contributed by atoms with E-state index in [1.54, 1.807) is 12.1 Å². The Bertz CT molecular complexity index is 1510. The number of esters is 1. The Morgan fingerprint density at radius 3 is 2.37 bits per heavy atom. The summed E-state index contributed by atoms with van der Waals surface area (Å²) in [6.45, 7) is 0.844. The number of nitrogens with one attached hydrogen (secondary N) is 2. The summed E-state index contributed by atoms with van der Waals surface area (Å²) in [6.07, 6.45) is -1.28. The van der Waals surface area contributed by atoms with Gasteiger partial charge in [0.25, 0.3) is 0 Å². The largest absolute Gasteiger partial charge is 0.466 e. The lowest BCUT2D eigenvalue weighted by Gasteiger charge is -2.37. The predicted molar refractivity (Wildman–Crippen MR) is 155 cm³/mol. The molecule has 2 heterocycles. The van der Waals surface area contributed by atoms with Crippen LogP contribution in [0.3, 0.4) is 0 Å². The van der Waals surface area contributed by atoms with Gasteiger partial charge in [-0.1, -0.05) is 24.3 Å². The minimum absolute atomic E-state index is 0.0126. The van der Waals surface area contributed by atoms with Crippen LogP contribution in [-0.4, -0.2) is 73.8 Å². The maximum absolute atomic E-state index is 14.3. The third-order valence-corrected chi connectivity index (χ3v) is 8.97. The fraction of sp³-hybridized carbons (Fsp3) is 0.469. The Morgan fingerprint density at radius 2 is 1.72 bits per heavy atom. The summed E-state index contributed by atoms with van der Waals surface area (Å²) < 4.78 is 79.0. The van der Waals surface area contributed by atoms with E-state index in [1.165, 1.54) is 19.2 Å². The number of ether oxygens (including phenoxy) is 2. The highest BCUT2D eigenvalue weighted by Gasteiger charge is 2.44. The van der Waals surface area contributed by atoms with Crippen molar-refractivity contribution in [3.8, 4) is 0 Å². The van der Waals surface area contributed by atoms with Crippen LogP contribution in [0.4, 0.5) is 31.5 Å². The van der Waals surface area contributed by atoms with Crippen LogP contribution in [0.1, 0.15) is 60.8 Å². The lowest BCUT2D eigenvalue weighted by molar-refractivity contribution is -0.138. The standard InChI is InChI=1S/C32H35F5N4O5/c1-45-17-26-27(29(42)46-2)28(19-9-12-24(33)25(34)15-19)41(31(44)39-26)30(43)38-20-13-14-40(16-20)21-10-7-18(8-11-21)22-5-3-4-6-23(22)32(35,36)37/h3-6,9,12,15,18,20-21,28H,7-8,10-11,13-14,16-17H2,1-2H3,(H,38,43)(H,39,44). The summed E-state index contributed by atoms with van der Waals surface area (Å²) in [5.74, 6) is -3.48. The highest BCUT2D eigenvalue weighted by molar-refractivity contribution is 6.01. The third kappa shape index (κ3) is 6.87. The molecule has 2 atom stereocenters. The van der Waals surface area contributed by atoms with E-state index in [4.69, 9.17) is 9.47 Å². The summed E-state index contributed by atoms with van der Waals surface area (Å²) >= 11 is 0. The number of hydrogen-bond donors (Lipinski definition) is 2. The van der Waals surface area contributed by atoms with Gasteiger partial charge in [-0.3, -0.25) is 4.90 Å². The first kappa shape index (κ1) is 33.3. The molecule has 2 aromatic carbocycles. The van der Waals surface area contributed by atoms with Crippen LogP contribution >= 0.6 is 0 Å². The summed E-state index contributed by atoms with van der Waals surface area (Å²) in [6, 6.07) is 5.05. The number of halogens is 5. The maximum Gasteiger partial charge on any atom is 0.416 e. The van der Waals surface area contributed by atoms with E-state index in [1.807, 2.05) is 0 Å². The molecule has 2 N–H and O–H groups in total. The van der Waals surface area contributed by atoms with Crippen molar-refractivity contribution in [2.24, 2.45) is 0 Å². The number of carbonyl (C=O) groups excluding carboxylic acids is 3. The molecule has 1 saturated carbocycles. The van der Waals surface area contributed by atoms with E-state index < -0.39 is 47.4 Å². The van der Waals surface area contributed by atoms with Crippen molar-refractivity contribution in [3.05, 3.63) is 82.1 Å². The normalized spacial score (nSPS) is 24.2. The molecule has 14 heteroatoms. The number of urea groups is 2. The monoisotopic (exact) mass is 650 g/mol. The molecule has 2 aliphatic heterocycles. The number of carbonyl (C=O) groups is 3. The van der Waals surface area contributed by atoms with Gasteiger partial charge in [-0.25, -0.2) is 28.1 Å². The van der Waals surface area contributed by atoms with E-state index in [0.29, 0.717) is 50.8 Å². The minimum Gasteiger partial charge on any atom is -0.466 e. The molecule has 3 aliphatic rings. The molecule has 5 rings (SSSR count). The van der Waals surface area contributed by atoms with E-state index in [-0.39, 0.29) is 41.4 Å². The van der Waals surface area contributed by atoms with Crippen LogP contribution < -0.4 is 10.6 Å². The van der Waals surface area contributed by atoms with Crippen molar-refractivity contribution < 1.29 is 45.8 Å². The van der Waals surface area contributed by atoms with Gasteiger partial charge in [0.05, 0.1) is 30.6 Å². The number of rotatable bonds is 7. The number of likely N-dealkylation sites (tertiary alicyclic amines) is 1. The summed E-state index contributed by atoms with van der Waals surface area (Å²) in [5, 5.41) is 5.33. The van der Waals surface area contributed by atoms with Crippen molar-refractivity contribution >= 4 is 18.0 Å². The molecule has 9 nitrogen and oxygen atoms in total. The number of hydrogen-bond acceptors (Lipinski definition) is 6. The van der Waals surface area contributed by atoms with Crippen molar-refractivity contribution in [2.75, 3.05) is 33.9 Å². The Balaban J connectivity index is 1.29. The lowest BCUT2D eigenvalue weighted by atomic mass is 9.79. The zero-order valence-corrected chi connectivity index (χ0v) is 25.3. The maximum atomic E-state index is 14.3. The fourth-order valence-corrected chi connectivity index (χ4v) is 6.82. The Kier molecular flexibility index (Phi) is 9.96. The number of alkyl halides is 3. The zero-order valence-electron chi connectivity index (χ0n) is 25.3. The van der Waals surface area contributed by atoms with E-state index >= 15 is 0 Å². The second-order valence-electron chi connectivity index (χ2n) is 11.7. The van der Waals surface area contributed by atoms with Gasteiger partial charge in [0, 0.05) is 32.3 Å². The van der Waals surface area contributed by atoms with Crippen molar-refractivity contribution in [1.82, 2.24) is 20.4 Å². The third-order valence-electron chi connectivity index (χ3n) is 8.97. The molecular weight excluding hydrogens is 615 g/mol. The predicted octanol–water partition coefficient (Wildman–Crippen LogP) is 5.63. The van der Waals surface area contributed by atoms with Gasteiger partial charge < -0.3 is 20.1 Å². The summed E-state index contributed by atoms with van der Waals surface area (Å²) in [4.78, 5) is 42.8. The van der Waals surface area contributed by atoms with Crippen molar-refractivity contribution in [1.29, 1.82) is 0 Å². The number of methoxy groups -OCH3 is 2. The summed E-state index contributed by atoms with van der Waals surface area (Å²) in [7, 11) is 2.44. The van der Waals surface area contributed by atoms with Gasteiger partial charge in [-0.05, 0) is 67.3 Å². The molecule has 0 aromatic heterocycles. The molecule has 0 bridgehead atoms. The second-order valence-corrected chi connectivity index (χ2v) is 11.7. The van der Waals surface area contributed by atoms with E-state index in [0.717, 1.165) is 30.2 Å². The molecule has 2 aromatic rings. The molecule has 0 spiro atoms. The van der Waals surface area contributed by atoms with Crippen LogP contribution in [0, 0.1) is 11.6 Å². The molecule has 248 valence electrons. The Hall–Kier alpha value is -4.04. The number of amides is 4. The molecule has 1 saturated heterocycles. The molecule has 2 fully saturated rings. The van der Waals surface area contributed by atoms with Crippen LogP contribution in [0.5, 0.6) is 0 Å². The van der Waals surface area contributed by atoms with Crippen LogP contribution in [0.25, 0.3) is 0 Å². The average Bonchev–Trinajstić information content (AvgIpc) is 3.50. The highest BCUT2D eigenvalue weighted by atomic mass is 19.4. The molecule has 4 amide bonds. The van der Waals surface area contributed by atoms with Gasteiger partial charge in [0.15, 0.2) is 11.6 Å². The zero-order chi connectivity index (χ0) is 33.2. The smallest absolute Gasteiger partial charge is 0.416 e. The quantitative estimate of drug-likeness (QED) is 0.298. The number of benzene rings is 2. The Morgan fingerprint density at radius 1 is 1.00 bits per heavy atom. The van der Waals surface area contributed by atoms with Crippen LogP contribution in [0.15, 0.2) is 53.7 Å². The van der Waals surface area contributed by atoms with Gasteiger partial charge in [-0.2, -0.15) is 13.2 Å². The van der Waals surface area contributed by atoms with Crippen molar-refractivity contribution in [3.63, 3.8) is 0 Å². The first-order chi connectivity index (χ1) is 21.9. The van der Waals surface area contributed by atoms with Gasteiger partial charge in [0.2, 0.25) is 0 Å². The highest BCUT2D eigenvalue weighted by Crippen LogP contribution is 2.42. The number of imide groups is 1. The van der Waals surface area contributed by atoms with Crippen molar-refractivity contribution in [2.45, 2.75) is 62.3 Å². The topological polar surface area (TPSA) is 100 Å². The minimum atomic E-state index is -4.41. The molecule has 0 radical (unpaired) electrons. The molecule has 1 aliphatic carbocycles. The number of nitrogens with zero attached hydrogens (tertiary/aromatic N) is 2. The average molecular weight is 651 g/mol. The van der Waals surface area contributed by atoms with Gasteiger partial charge in [-0.15, -0.1) is 0 Å². The SMILES string of the molecule is COCC1=C(C(=O)OC)C(c2ccc(F)c(F)c2)N(C(=O)NC2CCN(C3CCC(c4ccccc4C(F)(F)F)CC3)C2)C(=O)N1. The fourth-order valence-electron chi connectivity index (χ4n) is 6.82. The van der Waals surface area contributed by atoms with Gasteiger partial charge >= 0.3 is 24.2 Å². The van der Waals surface area contributed by atoms with Crippen LogP contribution in [-0.2, 0) is 20.4 Å².